The van der Waals surface area contributed by atoms with Crippen LogP contribution in [0.1, 0.15) is 328 Å². The topological polar surface area (TPSA) is 95.9 Å². The van der Waals surface area contributed by atoms with Crippen LogP contribution >= 0.6 is 0 Å². The highest BCUT2D eigenvalue weighted by molar-refractivity contribution is 5.76. The minimum absolute atomic E-state index is 0.00585. The number of hydrogen-bond acceptors (Lipinski definition) is 5. The number of amides is 1. The number of hydrogen-bond donors (Lipinski definition) is 3. The fraction of sp³-hybridized carbons (Fsp3) is 0.932. The van der Waals surface area contributed by atoms with Crippen molar-refractivity contribution in [2.45, 2.75) is 341 Å². The molecule has 0 radical (unpaired) electrons. The van der Waals surface area contributed by atoms with E-state index in [1.54, 1.807) is 0 Å². The van der Waals surface area contributed by atoms with Crippen molar-refractivity contribution in [2.75, 3.05) is 13.2 Å². The van der Waals surface area contributed by atoms with Gasteiger partial charge in [0, 0.05) is 12.8 Å². The van der Waals surface area contributed by atoms with Gasteiger partial charge in [0.05, 0.1) is 25.4 Å². The molecule has 0 aliphatic rings. The highest BCUT2D eigenvalue weighted by Crippen LogP contribution is 2.18. The van der Waals surface area contributed by atoms with Gasteiger partial charge in [0.25, 0.3) is 0 Å². The Hall–Kier alpha value is -1.40. The molecule has 0 aromatic heterocycles. The standard InChI is InChI=1S/C59H115NO5/c1-3-5-7-9-11-13-15-17-19-21-23-27-31-35-39-43-47-51-57(62)56(55-61)60-58(63)52-48-44-40-36-32-28-24-22-26-30-34-38-42-46-50-54-65-59(64)53-49-45-41-37-33-29-25-20-18-16-14-12-10-8-6-4-2/h26,30,56-57,61-62H,3-25,27-29,31-55H2,1-2H3,(H,60,63)/b30-26-. The summed E-state index contributed by atoms with van der Waals surface area (Å²) in [5, 5.41) is 23.3. The Morgan fingerprint density at radius 2 is 0.723 bits per heavy atom. The Bertz CT molecular complexity index is 970. The van der Waals surface area contributed by atoms with Gasteiger partial charge in [0.15, 0.2) is 0 Å². The van der Waals surface area contributed by atoms with Crippen molar-refractivity contribution in [2.24, 2.45) is 0 Å². The number of ether oxygens (including phenoxy) is 1. The van der Waals surface area contributed by atoms with E-state index < -0.39 is 12.1 Å². The first-order chi connectivity index (χ1) is 32.0. The van der Waals surface area contributed by atoms with Crippen LogP contribution in [-0.4, -0.2) is 47.4 Å². The highest BCUT2D eigenvalue weighted by atomic mass is 16.5. The summed E-state index contributed by atoms with van der Waals surface area (Å²) in [6.07, 6.45) is 64.9. The number of rotatable bonds is 55. The minimum atomic E-state index is -0.673. The van der Waals surface area contributed by atoms with Crippen molar-refractivity contribution in [3.8, 4) is 0 Å². The molecule has 65 heavy (non-hydrogen) atoms. The molecule has 0 saturated carbocycles. The molecule has 0 spiro atoms. The molecule has 0 aromatic rings. The van der Waals surface area contributed by atoms with Crippen molar-refractivity contribution < 1.29 is 24.5 Å². The number of aliphatic hydroxyl groups is 2. The van der Waals surface area contributed by atoms with Crippen LogP contribution in [0.3, 0.4) is 0 Å². The van der Waals surface area contributed by atoms with Crippen molar-refractivity contribution >= 4 is 11.9 Å². The fourth-order valence-electron chi connectivity index (χ4n) is 9.28. The minimum Gasteiger partial charge on any atom is -0.466 e. The first-order valence-electron chi connectivity index (χ1n) is 29.4. The van der Waals surface area contributed by atoms with Crippen molar-refractivity contribution in [1.29, 1.82) is 0 Å². The van der Waals surface area contributed by atoms with Crippen LogP contribution in [0, 0.1) is 0 Å². The molecule has 2 unspecified atom stereocenters. The predicted molar refractivity (Wildman–Crippen MR) is 283 cm³/mol. The smallest absolute Gasteiger partial charge is 0.305 e. The zero-order chi connectivity index (χ0) is 47.2. The lowest BCUT2D eigenvalue weighted by Crippen LogP contribution is -2.45. The lowest BCUT2D eigenvalue weighted by molar-refractivity contribution is -0.143. The third-order valence-corrected chi connectivity index (χ3v) is 13.8. The number of esters is 1. The van der Waals surface area contributed by atoms with Gasteiger partial charge in [-0.15, -0.1) is 0 Å². The van der Waals surface area contributed by atoms with Gasteiger partial charge in [-0.1, -0.05) is 276 Å². The van der Waals surface area contributed by atoms with E-state index in [2.05, 4.69) is 31.3 Å². The van der Waals surface area contributed by atoms with Gasteiger partial charge in [-0.2, -0.15) is 0 Å². The summed E-state index contributed by atoms with van der Waals surface area (Å²) in [5.41, 5.74) is 0. The van der Waals surface area contributed by atoms with Gasteiger partial charge in [0.2, 0.25) is 5.91 Å². The molecule has 386 valence electrons. The van der Waals surface area contributed by atoms with Gasteiger partial charge in [-0.25, -0.2) is 0 Å². The average molecular weight is 919 g/mol. The van der Waals surface area contributed by atoms with E-state index in [1.807, 2.05) is 0 Å². The Kier molecular flexibility index (Phi) is 54.0. The zero-order valence-corrected chi connectivity index (χ0v) is 44.0. The molecule has 6 nitrogen and oxygen atoms in total. The number of carbonyl (C=O) groups is 2. The molecular weight excluding hydrogens is 803 g/mol. The molecule has 0 bridgehead atoms. The van der Waals surface area contributed by atoms with Crippen LogP contribution in [0.2, 0.25) is 0 Å². The summed E-state index contributed by atoms with van der Waals surface area (Å²) in [5.74, 6) is -0.0532. The maximum atomic E-state index is 12.5. The molecule has 1 amide bonds. The van der Waals surface area contributed by atoms with Crippen LogP contribution in [0.4, 0.5) is 0 Å². The SMILES string of the molecule is CCCCCCCCCCCCCCCCCCCC(O)C(CO)NC(=O)CCCCCCCCC/C=C\CCCCCCOC(=O)CCCCCCCCCCCCCCCCCC. The third kappa shape index (κ3) is 51.8. The van der Waals surface area contributed by atoms with Crippen molar-refractivity contribution in [1.82, 2.24) is 5.32 Å². The number of carbonyl (C=O) groups excluding carboxylic acids is 2. The maximum absolute atomic E-state index is 12.5. The van der Waals surface area contributed by atoms with Crippen LogP contribution in [0.15, 0.2) is 12.2 Å². The molecule has 0 saturated heterocycles. The number of aliphatic hydroxyl groups excluding tert-OH is 2. The molecule has 2 atom stereocenters. The average Bonchev–Trinajstić information content (AvgIpc) is 3.31. The van der Waals surface area contributed by atoms with Gasteiger partial charge in [-0.05, 0) is 51.4 Å². The third-order valence-electron chi connectivity index (χ3n) is 13.8. The highest BCUT2D eigenvalue weighted by Gasteiger charge is 2.20. The first kappa shape index (κ1) is 63.6. The molecule has 6 heteroatoms. The molecule has 3 N–H and O–H groups in total. The van der Waals surface area contributed by atoms with Gasteiger partial charge >= 0.3 is 5.97 Å². The van der Waals surface area contributed by atoms with Crippen LogP contribution < -0.4 is 5.32 Å². The molecule has 0 aliphatic heterocycles. The quantitative estimate of drug-likeness (QED) is 0.0321. The summed E-state index contributed by atoms with van der Waals surface area (Å²) < 4.78 is 5.47. The van der Waals surface area contributed by atoms with E-state index >= 15 is 0 Å². The zero-order valence-electron chi connectivity index (χ0n) is 44.0. The lowest BCUT2D eigenvalue weighted by Gasteiger charge is -2.22. The second kappa shape index (κ2) is 55.2. The van der Waals surface area contributed by atoms with Gasteiger partial charge in [-0.3, -0.25) is 9.59 Å². The second-order valence-corrected chi connectivity index (χ2v) is 20.3. The Labute approximate surface area is 406 Å². The summed E-state index contributed by atoms with van der Waals surface area (Å²) >= 11 is 0. The monoisotopic (exact) mass is 918 g/mol. The Morgan fingerprint density at radius 3 is 1.09 bits per heavy atom. The van der Waals surface area contributed by atoms with Crippen molar-refractivity contribution in [3.05, 3.63) is 12.2 Å². The first-order valence-corrected chi connectivity index (χ1v) is 29.4. The maximum Gasteiger partial charge on any atom is 0.305 e. The largest absolute Gasteiger partial charge is 0.466 e. The van der Waals surface area contributed by atoms with Crippen LogP contribution in [0.25, 0.3) is 0 Å². The lowest BCUT2D eigenvalue weighted by atomic mass is 10.0. The van der Waals surface area contributed by atoms with E-state index in [4.69, 9.17) is 4.74 Å². The van der Waals surface area contributed by atoms with Crippen LogP contribution in [-0.2, 0) is 14.3 Å². The summed E-state index contributed by atoms with van der Waals surface area (Å²) in [7, 11) is 0. The van der Waals surface area contributed by atoms with Gasteiger partial charge in [0.1, 0.15) is 0 Å². The Morgan fingerprint density at radius 1 is 0.415 bits per heavy atom. The summed E-state index contributed by atoms with van der Waals surface area (Å²) in [4.78, 5) is 24.5. The van der Waals surface area contributed by atoms with E-state index in [-0.39, 0.29) is 18.5 Å². The van der Waals surface area contributed by atoms with Crippen LogP contribution in [0.5, 0.6) is 0 Å². The van der Waals surface area contributed by atoms with Crippen molar-refractivity contribution in [3.63, 3.8) is 0 Å². The number of allylic oxidation sites excluding steroid dienone is 2. The van der Waals surface area contributed by atoms with E-state index in [0.29, 0.717) is 25.9 Å². The predicted octanol–water partition coefficient (Wildman–Crippen LogP) is 18.1. The normalized spacial score (nSPS) is 12.6. The molecule has 0 fully saturated rings. The summed E-state index contributed by atoms with van der Waals surface area (Å²) in [6, 6.07) is -0.552. The second-order valence-electron chi connectivity index (χ2n) is 20.3. The fourth-order valence-corrected chi connectivity index (χ4v) is 9.28. The molecule has 0 rings (SSSR count). The number of nitrogens with one attached hydrogen (secondary N) is 1. The number of unbranched alkanes of at least 4 members (excludes halogenated alkanes) is 42. The molecule has 0 aliphatic carbocycles. The van der Waals surface area contributed by atoms with E-state index in [0.717, 1.165) is 70.6 Å². The Balaban J connectivity index is 3.45. The molecular formula is C59H115NO5. The summed E-state index contributed by atoms with van der Waals surface area (Å²) in [6.45, 7) is 4.94. The van der Waals surface area contributed by atoms with E-state index in [9.17, 15) is 19.8 Å². The van der Waals surface area contributed by atoms with Gasteiger partial charge < -0.3 is 20.3 Å². The van der Waals surface area contributed by atoms with E-state index in [1.165, 1.54) is 225 Å². The molecule has 0 heterocycles. The molecule has 0 aromatic carbocycles.